The van der Waals surface area contributed by atoms with Gasteiger partial charge in [0.2, 0.25) is 0 Å². The van der Waals surface area contributed by atoms with Crippen LogP contribution in [0, 0.1) is 0 Å². The van der Waals surface area contributed by atoms with E-state index in [1.807, 2.05) is 25.1 Å². The van der Waals surface area contributed by atoms with Crippen molar-refractivity contribution in [1.29, 1.82) is 0 Å². The van der Waals surface area contributed by atoms with Crippen molar-refractivity contribution in [3.05, 3.63) is 64.7 Å². The minimum Gasteiger partial charge on any atom is -0.399 e. The third kappa shape index (κ3) is 4.50. The van der Waals surface area contributed by atoms with Crippen LogP contribution in [0.3, 0.4) is 0 Å². The Kier molecular flexibility index (Phi) is 5.23. The third-order valence-corrected chi connectivity index (χ3v) is 3.64. The highest BCUT2D eigenvalue weighted by molar-refractivity contribution is 6.34. The van der Waals surface area contributed by atoms with Crippen molar-refractivity contribution >= 4 is 23.2 Å². The molecule has 0 aliphatic rings. The molecule has 2 rings (SSSR count). The van der Waals surface area contributed by atoms with E-state index in [1.165, 1.54) is 5.56 Å². The summed E-state index contributed by atoms with van der Waals surface area (Å²) in [5, 5.41) is 3.34. The second-order valence-electron chi connectivity index (χ2n) is 5.14. The van der Waals surface area contributed by atoms with Gasteiger partial charge in [0, 0.05) is 11.7 Å². The van der Waals surface area contributed by atoms with Gasteiger partial charge in [0.15, 0.2) is 0 Å². The Hall–Kier alpha value is -2.00. The first-order valence-electron chi connectivity index (χ1n) is 6.96. The fourth-order valence-corrected chi connectivity index (χ4v) is 2.39. The Morgan fingerprint density at radius 2 is 1.95 bits per heavy atom. The molecule has 0 aliphatic heterocycles. The van der Waals surface area contributed by atoms with Crippen LogP contribution >= 0.6 is 11.6 Å². The van der Waals surface area contributed by atoms with E-state index in [9.17, 15) is 4.79 Å². The standard InChI is InChI=1S/C17H19ClN2O/c1-12(7-8-13-5-3-2-4-6-13)20-17(21)15-10-9-14(19)11-16(15)18/h2-6,9-12H,7-8,19H2,1H3,(H,20,21). The number of nitrogens with two attached hydrogens (primary N) is 1. The van der Waals surface area contributed by atoms with Crippen LogP contribution in [0.2, 0.25) is 5.02 Å². The zero-order valence-corrected chi connectivity index (χ0v) is 12.7. The van der Waals surface area contributed by atoms with Crippen molar-refractivity contribution < 1.29 is 4.79 Å². The van der Waals surface area contributed by atoms with Crippen molar-refractivity contribution in [2.75, 3.05) is 5.73 Å². The van der Waals surface area contributed by atoms with Crippen molar-refractivity contribution in [2.24, 2.45) is 0 Å². The van der Waals surface area contributed by atoms with Crippen molar-refractivity contribution in [3.8, 4) is 0 Å². The molecule has 0 radical (unpaired) electrons. The quantitative estimate of drug-likeness (QED) is 0.828. The first kappa shape index (κ1) is 15.4. The molecule has 0 bridgehead atoms. The number of rotatable bonds is 5. The number of carbonyl (C=O) groups excluding carboxylic acids is 1. The summed E-state index contributed by atoms with van der Waals surface area (Å²) in [6, 6.07) is 15.2. The monoisotopic (exact) mass is 302 g/mol. The van der Waals surface area contributed by atoms with Crippen molar-refractivity contribution in [3.63, 3.8) is 0 Å². The normalized spacial score (nSPS) is 11.9. The number of halogens is 1. The summed E-state index contributed by atoms with van der Waals surface area (Å²) < 4.78 is 0. The molecule has 1 unspecified atom stereocenters. The average molecular weight is 303 g/mol. The fourth-order valence-electron chi connectivity index (χ4n) is 2.12. The number of hydrogen-bond donors (Lipinski definition) is 2. The molecule has 0 aliphatic carbocycles. The highest BCUT2D eigenvalue weighted by Crippen LogP contribution is 2.19. The molecule has 0 spiro atoms. The lowest BCUT2D eigenvalue weighted by atomic mass is 10.1. The number of nitrogen functional groups attached to an aromatic ring is 1. The highest BCUT2D eigenvalue weighted by atomic mass is 35.5. The number of nitrogens with one attached hydrogen (secondary N) is 1. The average Bonchev–Trinajstić information content (AvgIpc) is 2.46. The van der Waals surface area contributed by atoms with E-state index < -0.39 is 0 Å². The van der Waals surface area contributed by atoms with Crippen molar-refractivity contribution in [1.82, 2.24) is 5.32 Å². The highest BCUT2D eigenvalue weighted by Gasteiger charge is 2.13. The van der Waals surface area contributed by atoms with Gasteiger partial charge in [-0.1, -0.05) is 41.9 Å². The minimum absolute atomic E-state index is 0.0753. The van der Waals surface area contributed by atoms with Gasteiger partial charge in [-0.2, -0.15) is 0 Å². The van der Waals surface area contributed by atoms with Gasteiger partial charge in [-0.25, -0.2) is 0 Å². The zero-order chi connectivity index (χ0) is 15.2. The van der Waals surface area contributed by atoms with Gasteiger partial charge in [0.05, 0.1) is 10.6 Å². The maximum absolute atomic E-state index is 12.2. The van der Waals surface area contributed by atoms with Crippen LogP contribution in [0.5, 0.6) is 0 Å². The van der Waals surface area contributed by atoms with Crippen LogP contribution < -0.4 is 11.1 Å². The first-order valence-corrected chi connectivity index (χ1v) is 7.34. The van der Waals surface area contributed by atoms with E-state index >= 15 is 0 Å². The molecule has 1 atom stereocenters. The molecule has 21 heavy (non-hydrogen) atoms. The number of amides is 1. The van der Waals surface area contributed by atoms with Crippen molar-refractivity contribution in [2.45, 2.75) is 25.8 Å². The summed E-state index contributed by atoms with van der Waals surface area (Å²) in [7, 11) is 0. The summed E-state index contributed by atoms with van der Waals surface area (Å²) in [4.78, 5) is 12.2. The molecular weight excluding hydrogens is 284 g/mol. The molecule has 3 N–H and O–H groups in total. The predicted octanol–water partition coefficient (Wildman–Crippen LogP) is 3.67. The largest absolute Gasteiger partial charge is 0.399 e. The van der Waals surface area contributed by atoms with E-state index in [0.29, 0.717) is 16.3 Å². The number of anilines is 1. The van der Waals surface area contributed by atoms with E-state index in [2.05, 4.69) is 17.4 Å². The molecule has 0 saturated carbocycles. The minimum atomic E-state index is -0.166. The molecule has 1 amide bonds. The summed E-state index contributed by atoms with van der Waals surface area (Å²) in [6.07, 6.45) is 1.81. The number of carbonyl (C=O) groups is 1. The topological polar surface area (TPSA) is 55.1 Å². The lowest BCUT2D eigenvalue weighted by Crippen LogP contribution is -2.33. The van der Waals surface area contributed by atoms with Crippen LogP contribution in [0.15, 0.2) is 48.5 Å². The Morgan fingerprint density at radius 1 is 1.24 bits per heavy atom. The van der Waals surface area contributed by atoms with Gasteiger partial charge < -0.3 is 11.1 Å². The molecular formula is C17H19ClN2O. The molecule has 4 heteroatoms. The van der Waals surface area contributed by atoms with Crippen LogP contribution in [0.25, 0.3) is 0 Å². The summed E-state index contributed by atoms with van der Waals surface area (Å²) in [5.74, 6) is -0.166. The summed E-state index contributed by atoms with van der Waals surface area (Å²) >= 11 is 6.04. The van der Waals surface area contributed by atoms with E-state index in [0.717, 1.165) is 12.8 Å². The Balaban J connectivity index is 1.90. The number of benzene rings is 2. The molecule has 0 saturated heterocycles. The van der Waals surface area contributed by atoms with Gasteiger partial charge in [-0.05, 0) is 43.5 Å². The SMILES string of the molecule is CC(CCc1ccccc1)NC(=O)c1ccc(N)cc1Cl. The first-order chi connectivity index (χ1) is 10.1. The Morgan fingerprint density at radius 3 is 2.62 bits per heavy atom. The Labute approximate surface area is 130 Å². The van der Waals surface area contributed by atoms with Gasteiger partial charge in [0.25, 0.3) is 5.91 Å². The lowest BCUT2D eigenvalue weighted by Gasteiger charge is -2.14. The van der Waals surface area contributed by atoms with Crippen LogP contribution in [0.1, 0.15) is 29.3 Å². The fraction of sp³-hybridized carbons (Fsp3) is 0.235. The second kappa shape index (κ2) is 7.14. The molecule has 2 aromatic rings. The third-order valence-electron chi connectivity index (χ3n) is 3.32. The predicted molar refractivity (Wildman–Crippen MR) is 87.6 cm³/mol. The molecule has 0 aromatic heterocycles. The lowest BCUT2D eigenvalue weighted by molar-refractivity contribution is 0.0938. The number of aryl methyl sites for hydroxylation is 1. The molecule has 110 valence electrons. The van der Waals surface area contributed by atoms with Crippen LogP contribution in [0.4, 0.5) is 5.69 Å². The van der Waals surface area contributed by atoms with Crippen LogP contribution in [-0.4, -0.2) is 11.9 Å². The van der Waals surface area contributed by atoms with Gasteiger partial charge >= 0.3 is 0 Å². The van der Waals surface area contributed by atoms with E-state index in [1.54, 1.807) is 18.2 Å². The molecule has 0 heterocycles. The van der Waals surface area contributed by atoms with Gasteiger partial charge in [-0.15, -0.1) is 0 Å². The molecule has 0 fully saturated rings. The molecule has 3 nitrogen and oxygen atoms in total. The zero-order valence-electron chi connectivity index (χ0n) is 12.0. The maximum Gasteiger partial charge on any atom is 0.253 e. The van der Waals surface area contributed by atoms with Gasteiger partial charge in [-0.3, -0.25) is 4.79 Å². The van der Waals surface area contributed by atoms with E-state index in [-0.39, 0.29) is 11.9 Å². The van der Waals surface area contributed by atoms with E-state index in [4.69, 9.17) is 17.3 Å². The molecule has 2 aromatic carbocycles. The summed E-state index contributed by atoms with van der Waals surface area (Å²) in [6.45, 7) is 1.99. The smallest absolute Gasteiger partial charge is 0.253 e. The van der Waals surface area contributed by atoms with Crippen LogP contribution in [-0.2, 0) is 6.42 Å². The summed E-state index contributed by atoms with van der Waals surface area (Å²) in [5.41, 5.74) is 7.90. The second-order valence-corrected chi connectivity index (χ2v) is 5.55. The number of hydrogen-bond acceptors (Lipinski definition) is 2. The Bertz CT molecular complexity index is 613. The maximum atomic E-state index is 12.2. The van der Waals surface area contributed by atoms with Gasteiger partial charge in [0.1, 0.15) is 0 Å².